The number of carbonyl (C=O) groups excluding carboxylic acids is 3. The number of urea groups is 1. The number of nitrogens with zero attached hydrogens (tertiary/aromatic N) is 1. The summed E-state index contributed by atoms with van der Waals surface area (Å²) >= 11 is 0. The molecule has 37 heavy (non-hydrogen) atoms. The lowest BCUT2D eigenvalue weighted by Gasteiger charge is -2.28. The molecule has 0 radical (unpaired) electrons. The third kappa shape index (κ3) is 4.54. The second-order valence-corrected chi connectivity index (χ2v) is 11.5. The number of anilines is 1. The standard InChI is InChI=1S/C30H36N4O3/c1-19(22-7-8-22)25(13-20-5-3-2-4-6-20)27(35)18-34-28(36)30(33-29(34)37)12-11-23-14-24(9-10-26(23)30)32-17-21-15-31-16-21/h2-6,9-10,14,19,21-22,25,31-32H,7-8,11-13,15-18H2,1H3,(H,33,37). The van der Waals surface area contributed by atoms with E-state index in [9.17, 15) is 14.4 Å². The highest BCUT2D eigenvalue weighted by Crippen LogP contribution is 2.44. The van der Waals surface area contributed by atoms with Crippen LogP contribution in [0, 0.1) is 23.7 Å². The largest absolute Gasteiger partial charge is 0.385 e. The molecule has 2 aliphatic heterocycles. The van der Waals surface area contributed by atoms with E-state index in [1.165, 1.54) is 4.90 Å². The number of carbonyl (C=O) groups is 3. The minimum absolute atomic E-state index is 0.0212. The Bertz CT molecular complexity index is 1210. The van der Waals surface area contributed by atoms with Crippen LogP contribution in [-0.4, -0.2) is 48.8 Å². The van der Waals surface area contributed by atoms with E-state index < -0.39 is 11.6 Å². The van der Waals surface area contributed by atoms with Gasteiger partial charge in [-0.1, -0.05) is 43.3 Å². The lowest BCUT2D eigenvalue weighted by molar-refractivity contribution is -0.136. The SMILES string of the molecule is CC(C1CC1)C(Cc1ccccc1)C(=O)CN1C(=O)NC2(CCc3cc(NCC4CNC4)ccc32)C1=O. The lowest BCUT2D eigenvalue weighted by atomic mass is 9.81. The van der Waals surface area contributed by atoms with E-state index in [-0.39, 0.29) is 30.1 Å². The van der Waals surface area contributed by atoms with Gasteiger partial charge in [0.1, 0.15) is 5.54 Å². The monoisotopic (exact) mass is 500 g/mol. The van der Waals surface area contributed by atoms with E-state index >= 15 is 0 Å². The summed E-state index contributed by atoms with van der Waals surface area (Å²) in [4.78, 5) is 41.6. The van der Waals surface area contributed by atoms with Gasteiger partial charge in [-0.05, 0) is 72.8 Å². The fraction of sp³-hybridized carbons (Fsp3) is 0.500. The van der Waals surface area contributed by atoms with E-state index in [0.29, 0.717) is 24.7 Å². The number of hydrogen-bond acceptors (Lipinski definition) is 5. The van der Waals surface area contributed by atoms with Crippen molar-refractivity contribution in [2.75, 3.05) is 31.5 Å². The number of benzene rings is 2. The Morgan fingerprint density at radius 1 is 1.14 bits per heavy atom. The molecule has 2 aromatic rings. The van der Waals surface area contributed by atoms with Crippen LogP contribution in [0.15, 0.2) is 48.5 Å². The molecule has 0 bridgehead atoms. The first-order valence-electron chi connectivity index (χ1n) is 13.7. The number of rotatable bonds is 10. The van der Waals surface area contributed by atoms with Gasteiger partial charge in [-0.15, -0.1) is 0 Å². The van der Waals surface area contributed by atoms with Crippen LogP contribution >= 0.6 is 0 Å². The number of fused-ring (bicyclic) bond motifs is 2. The van der Waals surface area contributed by atoms with Crippen molar-refractivity contribution in [1.82, 2.24) is 15.5 Å². The van der Waals surface area contributed by atoms with Crippen molar-refractivity contribution in [3.05, 3.63) is 65.2 Å². The molecule has 3 unspecified atom stereocenters. The zero-order valence-corrected chi connectivity index (χ0v) is 21.5. The van der Waals surface area contributed by atoms with Gasteiger partial charge in [0.2, 0.25) is 0 Å². The molecule has 2 aliphatic carbocycles. The molecule has 6 rings (SSSR count). The van der Waals surface area contributed by atoms with E-state index in [2.05, 4.69) is 28.9 Å². The van der Waals surface area contributed by atoms with Gasteiger partial charge in [0.05, 0.1) is 6.54 Å². The Morgan fingerprint density at radius 2 is 1.92 bits per heavy atom. The number of imide groups is 1. The minimum Gasteiger partial charge on any atom is -0.385 e. The maximum Gasteiger partial charge on any atom is 0.325 e. The van der Waals surface area contributed by atoms with Crippen LogP contribution in [0.4, 0.5) is 10.5 Å². The Labute approximate surface area is 218 Å². The first kappa shape index (κ1) is 24.2. The van der Waals surface area contributed by atoms with E-state index in [4.69, 9.17) is 0 Å². The van der Waals surface area contributed by atoms with Crippen molar-refractivity contribution < 1.29 is 14.4 Å². The average Bonchev–Trinajstić information content (AvgIpc) is 3.63. The molecule has 3 atom stereocenters. The van der Waals surface area contributed by atoms with E-state index in [1.807, 2.05) is 42.5 Å². The highest BCUT2D eigenvalue weighted by molar-refractivity contribution is 6.10. The highest BCUT2D eigenvalue weighted by Gasteiger charge is 2.56. The third-order valence-corrected chi connectivity index (χ3v) is 9.00. The van der Waals surface area contributed by atoms with Crippen molar-refractivity contribution in [2.45, 2.75) is 44.6 Å². The molecule has 0 aromatic heterocycles. The fourth-order valence-corrected chi connectivity index (χ4v) is 6.34. The molecule has 4 aliphatic rings. The van der Waals surface area contributed by atoms with Gasteiger partial charge in [0.15, 0.2) is 5.78 Å². The zero-order valence-electron chi connectivity index (χ0n) is 21.5. The van der Waals surface area contributed by atoms with Gasteiger partial charge >= 0.3 is 6.03 Å². The van der Waals surface area contributed by atoms with Crippen LogP contribution in [0.5, 0.6) is 0 Å². The third-order valence-electron chi connectivity index (χ3n) is 9.00. The molecule has 194 valence electrons. The number of amides is 3. The summed E-state index contributed by atoms with van der Waals surface area (Å²) in [6.45, 7) is 5.00. The topological polar surface area (TPSA) is 90.5 Å². The van der Waals surface area contributed by atoms with Gasteiger partial charge < -0.3 is 16.0 Å². The number of Topliss-reactive ketones (excluding diaryl/α,β-unsaturated/α-hetero) is 1. The Morgan fingerprint density at radius 3 is 2.62 bits per heavy atom. The van der Waals surface area contributed by atoms with Crippen molar-refractivity contribution in [3.63, 3.8) is 0 Å². The number of nitrogens with one attached hydrogen (secondary N) is 3. The molecule has 1 spiro atoms. The van der Waals surface area contributed by atoms with Crippen LogP contribution < -0.4 is 16.0 Å². The predicted octanol–water partition coefficient (Wildman–Crippen LogP) is 3.49. The molecule has 3 fully saturated rings. The molecule has 1 saturated carbocycles. The minimum atomic E-state index is -1.06. The Balaban J connectivity index is 1.18. The van der Waals surface area contributed by atoms with Crippen LogP contribution in [0.3, 0.4) is 0 Å². The smallest absolute Gasteiger partial charge is 0.325 e. The molecule has 2 saturated heterocycles. The summed E-state index contributed by atoms with van der Waals surface area (Å²) in [5, 5.41) is 9.77. The van der Waals surface area contributed by atoms with Crippen LogP contribution in [0.2, 0.25) is 0 Å². The molecule has 7 heteroatoms. The van der Waals surface area contributed by atoms with Crippen molar-refractivity contribution in [2.24, 2.45) is 23.7 Å². The number of ketones is 1. The molecular formula is C30H36N4O3. The summed E-state index contributed by atoms with van der Waals surface area (Å²) in [6, 6.07) is 15.7. The van der Waals surface area contributed by atoms with E-state index in [0.717, 1.165) is 61.3 Å². The molecule has 3 N–H and O–H groups in total. The van der Waals surface area contributed by atoms with Crippen LogP contribution in [-0.2, 0) is 28.0 Å². The summed E-state index contributed by atoms with van der Waals surface area (Å²) in [7, 11) is 0. The molecule has 2 aromatic carbocycles. The second-order valence-electron chi connectivity index (χ2n) is 11.5. The summed E-state index contributed by atoms with van der Waals surface area (Å²) in [5.41, 5.74) is 3.06. The van der Waals surface area contributed by atoms with Crippen molar-refractivity contribution in [1.29, 1.82) is 0 Å². The summed E-state index contributed by atoms with van der Waals surface area (Å²) in [5.74, 6) is 0.918. The quantitative estimate of drug-likeness (QED) is 0.435. The second kappa shape index (κ2) is 9.60. The Hall–Kier alpha value is -3.19. The first-order chi connectivity index (χ1) is 17.9. The van der Waals surface area contributed by atoms with Gasteiger partial charge in [0, 0.05) is 37.2 Å². The average molecular weight is 501 g/mol. The lowest BCUT2D eigenvalue weighted by Crippen LogP contribution is -2.45. The number of aryl methyl sites for hydroxylation is 1. The predicted molar refractivity (Wildman–Crippen MR) is 142 cm³/mol. The molecule has 3 amide bonds. The maximum atomic E-state index is 13.7. The van der Waals surface area contributed by atoms with Gasteiger partial charge in [-0.2, -0.15) is 0 Å². The fourth-order valence-electron chi connectivity index (χ4n) is 6.34. The van der Waals surface area contributed by atoms with Crippen LogP contribution in [0.1, 0.15) is 42.9 Å². The van der Waals surface area contributed by atoms with E-state index in [1.54, 1.807) is 0 Å². The highest BCUT2D eigenvalue weighted by atomic mass is 16.2. The van der Waals surface area contributed by atoms with Gasteiger partial charge in [-0.3, -0.25) is 14.5 Å². The summed E-state index contributed by atoms with van der Waals surface area (Å²) in [6.07, 6.45) is 4.19. The summed E-state index contributed by atoms with van der Waals surface area (Å²) < 4.78 is 0. The van der Waals surface area contributed by atoms with Crippen molar-refractivity contribution in [3.8, 4) is 0 Å². The van der Waals surface area contributed by atoms with Gasteiger partial charge in [-0.25, -0.2) is 4.79 Å². The van der Waals surface area contributed by atoms with Gasteiger partial charge in [0.25, 0.3) is 5.91 Å². The normalized spacial score (nSPS) is 24.5. The van der Waals surface area contributed by atoms with Crippen LogP contribution in [0.25, 0.3) is 0 Å². The molecule has 2 heterocycles. The van der Waals surface area contributed by atoms with Crippen molar-refractivity contribution >= 4 is 23.4 Å². The molecular weight excluding hydrogens is 464 g/mol. The molecule has 7 nitrogen and oxygen atoms in total. The Kier molecular flexibility index (Phi) is 6.27. The number of hydrogen-bond donors (Lipinski definition) is 3. The maximum absolute atomic E-state index is 13.7. The zero-order chi connectivity index (χ0) is 25.6. The first-order valence-corrected chi connectivity index (χ1v) is 13.7.